The van der Waals surface area contributed by atoms with E-state index < -0.39 is 12.7 Å². The van der Waals surface area contributed by atoms with Crippen molar-refractivity contribution < 1.29 is 18.3 Å². The Morgan fingerprint density at radius 1 is 1.14 bits per heavy atom. The Balaban J connectivity index is 1.49. The van der Waals surface area contributed by atoms with Gasteiger partial charge in [-0.15, -0.1) is 0 Å². The van der Waals surface area contributed by atoms with Gasteiger partial charge < -0.3 is 9.64 Å². The zero-order chi connectivity index (χ0) is 26.4. The highest BCUT2D eigenvalue weighted by Crippen LogP contribution is 2.29. The fourth-order valence-corrected chi connectivity index (χ4v) is 4.85. The van der Waals surface area contributed by atoms with Crippen LogP contribution < -0.4 is 10.3 Å². The summed E-state index contributed by atoms with van der Waals surface area (Å²) in [4.78, 5) is 28.6. The maximum absolute atomic E-state index is 13.6. The van der Waals surface area contributed by atoms with E-state index in [9.17, 15) is 18.4 Å². The summed E-state index contributed by atoms with van der Waals surface area (Å²) < 4.78 is 32.1. The summed E-state index contributed by atoms with van der Waals surface area (Å²) in [5.41, 5.74) is 2.40. The third-order valence-electron chi connectivity index (χ3n) is 6.52. The van der Waals surface area contributed by atoms with E-state index in [0.29, 0.717) is 33.7 Å². The molecule has 1 aliphatic rings. The number of hydrogen-bond donors (Lipinski definition) is 0. The molecule has 0 spiro atoms. The molecule has 2 aromatic carbocycles. The number of nitrogens with zero attached hydrogens (tertiary/aromatic N) is 5. The Morgan fingerprint density at radius 2 is 1.86 bits per heavy atom. The number of amides is 1. The number of aromatic nitrogens is 4. The summed E-state index contributed by atoms with van der Waals surface area (Å²) in [6, 6.07) is 10.1. The Labute approximate surface area is 220 Å². The third kappa shape index (κ3) is 4.67. The number of ether oxygens (including phenoxy) is 1. The molecule has 8 nitrogen and oxygen atoms in total. The number of hydrogen-bond acceptors (Lipinski definition) is 5. The number of carbonyl (C=O) groups excluding carboxylic acids is 1. The minimum Gasteiger partial charge on any atom is -0.435 e. The second-order valence-electron chi connectivity index (χ2n) is 8.84. The molecule has 1 aliphatic heterocycles. The van der Waals surface area contributed by atoms with E-state index in [0.717, 1.165) is 5.69 Å². The summed E-state index contributed by atoms with van der Waals surface area (Å²) in [5.74, 6) is -0.211. The van der Waals surface area contributed by atoms with Crippen LogP contribution in [-0.2, 0) is 13.0 Å². The molecule has 0 saturated carbocycles. The molecule has 3 heterocycles. The van der Waals surface area contributed by atoms with Crippen LogP contribution in [-0.4, -0.2) is 42.9 Å². The summed E-state index contributed by atoms with van der Waals surface area (Å²) in [6.45, 7) is 0.960. The molecule has 0 saturated heterocycles. The van der Waals surface area contributed by atoms with Crippen molar-refractivity contribution in [3.63, 3.8) is 0 Å². The number of halogens is 4. The van der Waals surface area contributed by atoms with E-state index >= 15 is 0 Å². The molecular formula is C25H21Cl2F2N5O3. The Bertz CT molecular complexity index is 1550. The van der Waals surface area contributed by atoms with E-state index in [1.165, 1.54) is 33.7 Å². The summed E-state index contributed by atoms with van der Waals surface area (Å²) >= 11 is 12.1. The van der Waals surface area contributed by atoms with E-state index in [2.05, 4.69) is 14.9 Å². The van der Waals surface area contributed by atoms with Gasteiger partial charge >= 0.3 is 6.61 Å². The van der Waals surface area contributed by atoms with Crippen LogP contribution in [0.25, 0.3) is 5.52 Å². The number of carbonyl (C=O) groups is 1. The summed E-state index contributed by atoms with van der Waals surface area (Å²) in [6.07, 6.45) is 1.92. The highest BCUT2D eigenvalue weighted by atomic mass is 35.5. The largest absolute Gasteiger partial charge is 0.435 e. The molecule has 37 heavy (non-hydrogen) atoms. The van der Waals surface area contributed by atoms with Gasteiger partial charge in [0.25, 0.3) is 11.5 Å². The van der Waals surface area contributed by atoms with E-state index in [1.807, 2.05) is 6.92 Å². The molecule has 0 N–H and O–H groups in total. The molecule has 5 rings (SSSR count). The fraction of sp³-hybridized carbons (Fsp3) is 0.280. The molecule has 2 atom stereocenters. The molecule has 0 fully saturated rings. The standard InChI is InChI=1S/C25H21Cl2F2N5O3/c1-13-9-21-18(11-32(13)23(35)16-5-8-19(26)20(27)10-16)22-24(36)34(30-12-33(22)31-21)14(2)15-3-6-17(7-4-15)37-25(28)29/h3-8,10,12-14,25H,9,11H2,1-2H3/t13-,14-/m1/s1. The van der Waals surface area contributed by atoms with Crippen LogP contribution in [0.4, 0.5) is 8.78 Å². The molecule has 0 radical (unpaired) electrons. The first-order valence-electron chi connectivity index (χ1n) is 11.4. The van der Waals surface area contributed by atoms with Gasteiger partial charge in [-0.2, -0.15) is 19.0 Å². The van der Waals surface area contributed by atoms with Gasteiger partial charge in [-0.05, 0) is 49.7 Å². The van der Waals surface area contributed by atoms with Crippen molar-refractivity contribution >= 4 is 34.6 Å². The maximum atomic E-state index is 13.6. The van der Waals surface area contributed by atoms with E-state index in [4.69, 9.17) is 23.2 Å². The van der Waals surface area contributed by atoms with Crippen molar-refractivity contribution in [1.82, 2.24) is 24.3 Å². The first-order valence-corrected chi connectivity index (χ1v) is 12.2. The molecule has 12 heteroatoms. The van der Waals surface area contributed by atoms with Gasteiger partial charge in [0.15, 0.2) is 0 Å². The van der Waals surface area contributed by atoms with Crippen LogP contribution in [0.2, 0.25) is 10.0 Å². The lowest BCUT2D eigenvalue weighted by atomic mass is 9.99. The second kappa shape index (κ2) is 9.75. The van der Waals surface area contributed by atoms with Crippen LogP contribution in [0, 0.1) is 0 Å². The highest BCUT2D eigenvalue weighted by Gasteiger charge is 2.32. The van der Waals surface area contributed by atoms with Crippen molar-refractivity contribution in [1.29, 1.82) is 0 Å². The van der Waals surface area contributed by atoms with E-state index in [1.54, 1.807) is 36.1 Å². The molecule has 0 unspecified atom stereocenters. The number of alkyl halides is 2. The van der Waals surface area contributed by atoms with Gasteiger partial charge in [-0.25, -0.2) is 9.20 Å². The van der Waals surface area contributed by atoms with Gasteiger partial charge in [-0.1, -0.05) is 35.3 Å². The lowest BCUT2D eigenvalue weighted by molar-refractivity contribution is -0.0498. The predicted molar refractivity (Wildman–Crippen MR) is 134 cm³/mol. The van der Waals surface area contributed by atoms with Gasteiger partial charge in [0.2, 0.25) is 0 Å². The smallest absolute Gasteiger partial charge is 0.387 e. The first kappa shape index (κ1) is 25.2. The van der Waals surface area contributed by atoms with Crippen LogP contribution in [0.5, 0.6) is 5.75 Å². The normalized spacial score (nSPS) is 16.2. The Hall–Kier alpha value is -3.50. The SMILES string of the molecule is C[C@@H]1Cc2nn3cnn([C@H](C)c4ccc(OC(F)F)cc4)c(=O)c3c2CN1C(=O)c1ccc(Cl)c(Cl)c1. The second-order valence-corrected chi connectivity index (χ2v) is 9.65. The van der Waals surface area contributed by atoms with Crippen LogP contribution in [0.1, 0.15) is 47.1 Å². The lowest BCUT2D eigenvalue weighted by Gasteiger charge is -2.33. The minimum atomic E-state index is -2.92. The Morgan fingerprint density at radius 3 is 2.54 bits per heavy atom. The van der Waals surface area contributed by atoms with Crippen LogP contribution in [0.15, 0.2) is 53.6 Å². The van der Waals surface area contributed by atoms with Crippen molar-refractivity contribution in [3.05, 3.63) is 91.6 Å². The summed E-state index contributed by atoms with van der Waals surface area (Å²) in [5, 5.41) is 9.46. The molecule has 0 bridgehead atoms. The van der Waals surface area contributed by atoms with Crippen molar-refractivity contribution in [2.24, 2.45) is 0 Å². The topological polar surface area (TPSA) is 81.7 Å². The first-order chi connectivity index (χ1) is 17.6. The van der Waals surface area contributed by atoms with Crippen LogP contribution in [0.3, 0.4) is 0 Å². The minimum absolute atomic E-state index is 0.0208. The quantitative estimate of drug-likeness (QED) is 0.351. The predicted octanol–water partition coefficient (Wildman–Crippen LogP) is 5.00. The number of fused-ring (bicyclic) bond motifs is 3. The van der Waals surface area contributed by atoms with Gasteiger partial charge in [0.05, 0.1) is 28.3 Å². The third-order valence-corrected chi connectivity index (χ3v) is 7.26. The average Bonchev–Trinajstić information content (AvgIpc) is 3.22. The highest BCUT2D eigenvalue weighted by molar-refractivity contribution is 6.42. The molecule has 2 aromatic heterocycles. The van der Waals surface area contributed by atoms with Crippen molar-refractivity contribution in [2.45, 2.75) is 45.5 Å². The lowest BCUT2D eigenvalue weighted by Crippen LogP contribution is -2.42. The maximum Gasteiger partial charge on any atom is 0.387 e. The van der Waals surface area contributed by atoms with Gasteiger partial charge in [-0.3, -0.25) is 9.59 Å². The molecule has 1 amide bonds. The zero-order valence-corrected chi connectivity index (χ0v) is 21.2. The monoisotopic (exact) mass is 547 g/mol. The molecule has 192 valence electrons. The molecular weight excluding hydrogens is 527 g/mol. The summed E-state index contributed by atoms with van der Waals surface area (Å²) in [7, 11) is 0. The van der Waals surface area contributed by atoms with Gasteiger partial charge in [0, 0.05) is 23.6 Å². The Kier molecular flexibility index (Phi) is 6.63. The zero-order valence-electron chi connectivity index (χ0n) is 19.7. The number of rotatable bonds is 5. The van der Waals surface area contributed by atoms with Gasteiger partial charge in [0.1, 0.15) is 17.6 Å². The van der Waals surface area contributed by atoms with Crippen LogP contribution >= 0.6 is 23.2 Å². The van der Waals surface area contributed by atoms with Crippen molar-refractivity contribution in [3.8, 4) is 5.75 Å². The van der Waals surface area contributed by atoms with Crippen molar-refractivity contribution in [2.75, 3.05) is 0 Å². The molecule has 4 aromatic rings. The van der Waals surface area contributed by atoms with E-state index in [-0.39, 0.29) is 34.8 Å². The number of benzene rings is 2. The fourth-order valence-electron chi connectivity index (χ4n) is 4.55. The average molecular weight is 548 g/mol. The molecule has 0 aliphatic carbocycles.